The van der Waals surface area contributed by atoms with Gasteiger partial charge in [0, 0.05) is 24.7 Å². The van der Waals surface area contributed by atoms with E-state index >= 15 is 0 Å². The number of ether oxygens (including phenoxy) is 3. The van der Waals surface area contributed by atoms with E-state index in [0.717, 1.165) is 24.2 Å². The van der Waals surface area contributed by atoms with Gasteiger partial charge in [-0.2, -0.15) is 0 Å². The fourth-order valence-corrected chi connectivity index (χ4v) is 5.46. The summed E-state index contributed by atoms with van der Waals surface area (Å²) in [6, 6.07) is -0.987. The minimum absolute atomic E-state index is 0.0125. The van der Waals surface area contributed by atoms with Crippen molar-refractivity contribution in [2.75, 3.05) is 32.0 Å². The van der Waals surface area contributed by atoms with E-state index in [1.807, 2.05) is 6.92 Å². The van der Waals surface area contributed by atoms with Gasteiger partial charge in [0.1, 0.15) is 22.8 Å². The molecule has 1 fully saturated rings. The number of carbonyl (C=O) groups is 4. The number of nitrogens with one attached hydrogen (secondary N) is 1. The first kappa shape index (κ1) is 27.4. The van der Waals surface area contributed by atoms with Crippen LogP contribution in [0.2, 0.25) is 0 Å². The lowest BCUT2D eigenvalue weighted by Crippen LogP contribution is -2.71. The van der Waals surface area contributed by atoms with Gasteiger partial charge in [-0.15, -0.1) is 23.1 Å². The highest BCUT2D eigenvalue weighted by Gasteiger charge is 2.54. The van der Waals surface area contributed by atoms with Crippen LogP contribution in [0.15, 0.2) is 21.8 Å². The van der Waals surface area contributed by atoms with E-state index in [4.69, 9.17) is 19.9 Å². The smallest absolute Gasteiger partial charge is 0.358 e. The van der Waals surface area contributed by atoms with E-state index in [-0.39, 0.29) is 29.6 Å². The third-order valence-electron chi connectivity index (χ3n) is 5.32. The highest BCUT2D eigenvalue weighted by atomic mass is 32.2. The molecule has 1 unspecified atom stereocenters. The first-order valence-corrected chi connectivity index (χ1v) is 13.0. The summed E-state index contributed by atoms with van der Waals surface area (Å²) in [5, 5.41) is 15.8. The monoisotopic (exact) mass is 541 g/mol. The van der Waals surface area contributed by atoms with E-state index in [9.17, 15) is 24.4 Å². The normalized spacial score (nSPS) is 19.4. The third kappa shape index (κ3) is 6.14. The number of hydrogen-bond donors (Lipinski definition) is 3. The number of oxime groups is 1. The average molecular weight is 542 g/mol. The Bertz CT molecular complexity index is 1070. The number of nitrogen functional groups attached to an aromatic ring is 1. The van der Waals surface area contributed by atoms with Crippen LogP contribution in [0, 0.1) is 0 Å². The lowest BCUT2D eigenvalue weighted by atomic mass is 10.0. The molecular weight excluding hydrogens is 514 g/mol. The van der Waals surface area contributed by atoms with Gasteiger partial charge >= 0.3 is 11.9 Å². The summed E-state index contributed by atoms with van der Waals surface area (Å²) in [5.74, 6) is -2.38. The van der Waals surface area contributed by atoms with Crippen molar-refractivity contribution in [3.63, 3.8) is 0 Å². The molecule has 2 aliphatic rings. The number of β-lactam (4-membered cyclic amide) rings is 1. The van der Waals surface area contributed by atoms with E-state index in [2.05, 4.69) is 15.5 Å². The van der Waals surface area contributed by atoms with Crippen molar-refractivity contribution in [2.45, 2.75) is 44.0 Å². The second kappa shape index (κ2) is 12.7. The molecule has 15 heteroatoms. The number of esters is 2. The standard InChI is InChI=1S/C21H27N5O8S2/c1-3-4-5-6-13(27)33-10-34-20(30)16-11(7-32-2)8-35-19-15(18(29)26(16)19)24-17(28)14(25-31)12-9-36-21(22)23-12/h9,15,19,31H,3-8,10H2,1-2H3,(H2,22,23)(H,24,28)/t15?,19-/m0/s1. The van der Waals surface area contributed by atoms with Crippen molar-refractivity contribution in [3.8, 4) is 0 Å². The van der Waals surface area contributed by atoms with Crippen LogP contribution in [0.4, 0.5) is 5.13 Å². The first-order valence-electron chi connectivity index (χ1n) is 11.0. The molecule has 4 N–H and O–H groups in total. The van der Waals surface area contributed by atoms with E-state index < -0.39 is 47.7 Å². The Balaban J connectivity index is 1.65. The minimum Gasteiger partial charge on any atom is -0.428 e. The van der Waals surface area contributed by atoms with Gasteiger partial charge < -0.3 is 30.5 Å². The molecule has 0 bridgehead atoms. The maximum atomic E-state index is 13.0. The topological polar surface area (TPSA) is 183 Å². The van der Waals surface area contributed by atoms with E-state index in [1.165, 1.54) is 29.2 Å². The number of thiazole rings is 1. The van der Waals surface area contributed by atoms with Gasteiger partial charge in [-0.1, -0.05) is 24.9 Å². The number of carbonyl (C=O) groups excluding carboxylic acids is 4. The number of nitrogens with zero attached hydrogens (tertiary/aromatic N) is 3. The van der Waals surface area contributed by atoms with Crippen molar-refractivity contribution in [1.29, 1.82) is 0 Å². The van der Waals surface area contributed by atoms with Gasteiger partial charge in [-0.05, 0) is 12.0 Å². The van der Waals surface area contributed by atoms with Crippen LogP contribution in [0.3, 0.4) is 0 Å². The Hall–Kier alpha value is -3.17. The lowest BCUT2D eigenvalue weighted by molar-refractivity contribution is -0.168. The van der Waals surface area contributed by atoms with Gasteiger partial charge in [0.15, 0.2) is 10.8 Å². The SMILES string of the molecule is CCCCCC(=O)OCOC(=O)C1=C(COC)CS[C@H]2C(NC(=O)C(=NO)c3csc(N)n3)C(=O)N12. The highest BCUT2D eigenvalue weighted by molar-refractivity contribution is 8.00. The summed E-state index contributed by atoms with van der Waals surface area (Å²) in [7, 11) is 1.45. The summed E-state index contributed by atoms with van der Waals surface area (Å²) in [6.07, 6.45) is 2.75. The van der Waals surface area contributed by atoms with Crippen LogP contribution in [0.25, 0.3) is 0 Å². The van der Waals surface area contributed by atoms with Gasteiger partial charge in [0.25, 0.3) is 11.8 Å². The van der Waals surface area contributed by atoms with Crippen LogP contribution in [0.1, 0.15) is 38.3 Å². The Morgan fingerprint density at radius 1 is 1.33 bits per heavy atom. The summed E-state index contributed by atoms with van der Waals surface area (Å²) in [6.45, 7) is 1.51. The number of methoxy groups -OCH3 is 1. The first-order chi connectivity index (χ1) is 17.3. The molecule has 2 amide bonds. The second-order valence-corrected chi connectivity index (χ2v) is 9.78. The van der Waals surface area contributed by atoms with Crippen molar-refractivity contribution < 1.29 is 38.6 Å². The maximum Gasteiger partial charge on any atom is 0.358 e. The Labute approximate surface area is 215 Å². The molecule has 0 aliphatic carbocycles. The molecule has 196 valence electrons. The lowest BCUT2D eigenvalue weighted by Gasteiger charge is -2.49. The third-order valence-corrected chi connectivity index (χ3v) is 7.33. The second-order valence-electron chi connectivity index (χ2n) is 7.79. The summed E-state index contributed by atoms with van der Waals surface area (Å²) >= 11 is 2.38. The number of fused-ring (bicyclic) bond motifs is 1. The molecular formula is C21H27N5O8S2. The molecule has 3 heterocycles. The molecule has 1 saturated heterocycles. The number of anilines is 1. The Kier molecular flexibility index (Phi) is 9.66. The van der Waals surface area contributed by atoms with Crippen molar-refractivity contribution in [3.05, 3.63) is 22.3 Å². The Morgan fingerprint density at radius 2 is 2.11 bits per heavy atom. The number of unbranched alkanes of at least 4 members (excludes halogenated alkanes) is 2. The number of amides is 2. The number of hydrogen-bond acceptors (Lipinski definition) is 13. The number of thioether (sulfide) groups is 1. The fourth-order valence-electron chi connectivity index (χ4n) is 3.58. The van der Waals surface area contributed by atoms with E-state index in [1.54, 1.807) is 0 Å². The van der Waals surface area contributed by atoms with Crippen LogP contribution in [0.5, 0.6) is 0 Å². The molecule has 3 rings (SSSR count). The number of aromatic nitrogens is 1. The van der Waals surface area contributed by atoms with Crippen LogP contribution >= 0.6 is 23.1 Å². The zero-order chi connectivity index (χ0) is 26.2. The van der Waals surface area contributed by atoms with Crippen LogP contribution in [-0.4, -0.2) is 82.2 Å². The molecule has 2 aliphatic heterocycles. The Morgan fingerprint density at radius 3 is 2.75 bits per heavy atom. The van der Waals surface area contributed by atoms with Gasteiger partial charge in [0.05, 0.1) is 6.61 Å². The molecule has 2 atom stereocenters. The molecule has 0 saturated carbocycles. The number of nitrogens with two attached hydrogens (primary N) is 1. The van der Waals surface area contributed by atoms with Crippen molar-refractivity contribution in [2.24, 2.45) is 5.16 Å². The van der Waals surface area contributed by atoms with Gasteiger partial charge in [-0.3, -0.25) is 19.3 Å². The minimum atomic E-state index is -0.987. The quantitative estimate of drug-likeness (QED) is 0.0648. The average Bonchev–Trinajstić information content (AvgIpc) is 3.28. The van der Waals surface area contributed by atoms with Crippen LogP contribution in [-0.2, 0) is 33.4 Å². The summed E-state index contributed by atoms with van der Waals surface area (Å²) < 4.78 is 15.2. The predicted octanol–water partition coefficient (Wildman–Crippen LogP) is 0.828. The van der Waals surface area contributed by atoms with Gasteiger partial charge in [-0.25, -0.2) is 9.78 Å². The summed E-state index contributed by atoms with van der Waals surface area (Å²) in [4.78, 5) is 55.4. The van der Waals surface area contributed by atoms with E-state index in [0.29, 0.717) is 17.7 Å². The molecule has 36 heavy (non-hydrogen) atoms. The highest BCUT2D eigenvalue weighted by Crippen LogP contribution is 2.40. The molecule has 1 aromatic heterocycles. The molecule has 0 aromatic carbocycles. The maximum absolute atomic E-state index is 13.0. The zero-order valence-corrected chi connectivity index (χ0v) is 21.4. The molecule has 13 nitrogen and oxygen atoms in total. The molecule has 1 aromatic rings. The largest absolute Gasteiger partial charge is 0.428 e. The summed E-state index contributed by atoms with van der Waals surface area (Å²) in [5.41, 5.74) is 5.74. The predicted molar refractivity (Wildman–Crippen MR) is 130 cm³/mol. The molecule has 0 spiro atoms. The van der Waals surface area contributed by atoms with Crippen molar-refractivity contribution in [1.82, 2.24) is 15.2 Å². The zero-order valence-electron chi connectivity index (χ0n) is 19.7. The van der Waals surface area contributed by atoms with Crippen molar-refractivity contribution >= 4 is 57.7 Å². The number of rotatable bonds is 12. The van der Waals surface area contributed by atoms with Crippen LogP contribution < -0.4 is 11.1 Å². The molecule has 0 radical (unpaired) electrons. The van der Waals surface area contributed by atoms with Gasteiger partial charge in [0.2, 0.25) is 6.79 Å². The fraction of sp³-hybridized carbons (Fsp3) is 0.524.